The Kier molecular flexibility index (Phi) is 6.71. The molecule has 2 atom stereocenters. The maximum atomic E-state index is 12.4. The normalized spacial score (nSPS) is 19.7. The lowest BCUT2D eigenvalue weighted by Gasteiger charge is -2.34. The molecule has 144 valence electrons. The van der Waals surface area contributed by atoms with Gasteiger partial charge in [-0.05, 0) is 30.4 Å². The minimum atomic E-state index is -0.615. The standard InChI is InChI=1S/C19H27NO6/c1-12-6-13(2)10-20(9-12)17(21)11-26-19(22)14-7-15(23-3)18(25-5)16(8-14)24-4/h7-8,12-13H,6,9-11H2,1-5H3/t12-,13-/m1/s1. The number of amides is 1. The smallest absolute Gasteiger partial charge is 0.338 e. The van der Waals surface area contributed by atoms with Crippen molar-refractivity contribution in [3.05, 3.63) is 17.7 Å². The number of rotatable bonds is 6. The summed E-state index contributed by atoms with van der Waals surface area (Å²) in [4.78, 5) is 26.5. The minimum Gasteiger partial charge on any atom is -0.493 e. The summed E-state index contributed by atoms with van der Waals surface area (Å²) in [6.45, 7) is 5.36. The summed E-state index contributed by atoms with van der Waals surface area (Å²) in [6, 6.07) is 3.00. The largest absolute Gasteiger partial charge is 0.493 e. The van der Waals surface area contributed by atoms with Crippen LogP contribution in [-0.2, 0) is 9.53 Å². The molecular formula is C19H27NO6. The Balaban J connectivity index is 2.04. The number of benzene rings is 1. The van der Waals surface area contributed by atoms with E-state index in [4.69, 9.17) is 18.9 Å². The van der Waals surface area contributed by atoms with E-state index in [1.54, 1.807) is 4.90 Å². The van der Waals surface area contributed by atoms with Gasteiger partial charge in [-0.2, -0.15) is 0 Å². The van der Waals surface area contributed by atoms with Crippen LogP contribution in [0.25, 0.3) is 0 Å². The van der Waals surface area contributed by atoms with E-state index in [1.165, 1.54) is 33.5 Å². The number of methoxy groups -OCH3 is 3. The van der Waals surface area contributed by atoms with Gasteiger partial charge in [0.05, 0.1) is 26.9 Å². The maximum absolute atomic E-state index is 12.4. The predicted octanol–water partition coefficient (Wildman–Crippen LogP) is 2.37. The van der Waals surface area contributed by atoms with Crippen LogP contribution >= 0.6 is 0 Å². The number of hydrogen-bond acceptors (Lipinski definition) is 6. The van der Waals surface area contributed by atoms with Crippen LogP contribution in [0.4, 0.5) is 0 Å². The molecule has 26 heavy (non-hydrogen) atoms. The van der Waals surface area contributed by atoms with Crippen molar-refractivity contribution in [2.24, 2.45) is 11.8 Å². The third kappa shape index (κ3) is 4.59. The summed E-state index contributed by atoms with van der Waals surface area (Å²) in [5.74, 6) is 1.20. The van der Waals surface area contributed by atoms with E-state index in [-0.39, 0.29) is 18.1 Å². The van der Waals surface area contributed by atoms with Crippen molar-refractivity contribution in [1.29, 1.82) is 0 Å². The summed E-state index contributed by atoms with van der Waals surface area (Å²) >= 11 is 0. The van der Waals surface area contributed by atoms with E-state index < -0.39 is 5.97 Å². The first-order valence-electron chi connectivity index (χ1n) is 8.64. The molecule has 1 aliphatic rings. The summed E-state index contributed by atoms with van der Waals surface area (Å²) in [5, 5.41) is 0. The molecule has 0 bridgehead atoms. The molecule has 0 radical (unpaired) electrons. The van der Waals surface area contributed by atoms with Crippen molar-refractivity contribution in [3.8, 4) is 17.2 Å². The number of hydrogen-bond donors (Lipinski definition) is 0. The molecule has 1 fully saturated rings. The Morgan fingerprint density at radius 1 is 1.00 bits per heavy atom. The molecule has 7 heteroatoms. The van der Waals surface area contributed by atoms with Gasteiger partial charge in [-0.3, -0.25) is 4.79 Å². The fraction of sp³-hybridized carbons (Fsp3) is 0.579. The highest BCUT2D eigenvalue weighted by Gasteiger charge is 2.26. The molecule has 1 aliphatic heterocycles. The van der Waals surface area contributed by atoms with Gasteiger partial charge in [0.1, 0.15) is 0 Å². The van der Waals surface area contributed by atoms with Crippen molar-refractivity contribution in [2.45, 2.75) is 20.3 Å². The highest BCUT2D eigenvalue weighted by Crippen LogP contribution is 2.38. The van der Waals surface area contributed by atoms with Crippen LogP contribution in [0.1, 0.15) is 30.6 Å². The summed E-state index contributed by atoms with van der Waals surface area (Å²) in [7, 11) is 4.42. The highest BCUT2D eigenvalue weighted by molar-refractivity contribution is 5.92. The Morgan fingerprint density at radius 3 is 2.00 bits per heavy atom. The highest BCUT2D eigenvalue weighted by atomic mass is 16.5. The number of nitrogens with zero attached hydrogens (tertiary/aromatic N) is 1. The van der Waals surface area contributed by atoms with Crippen molar-refractivity contribution < 1.29 is 28.5 Å². The Bertz CT molecular complexity index is 624. The second kappa shape index (κ2) is 8.78. The van der Waals surface area contributed by atoms with E-state index in [0.29, 0.717) is 42.2 Å². The molecule has 0 saturated carbocycles. The molecule has 7 nitrogen and oxygen atoms in total. The van der Waals surface area contributed by atoms with Gasteiger partial charge in [0.2, 0.25) is 5.75 Å². The SMILES string of the molecule is COc1cc(C(=O)OCC(=O)N2C[C@H](C)C[C@@H](C)C2)cc(OC)c1OC. The first-order chi connectivity index (χ1) is 12.4. The van der Waals surface area contributed by atoms with Gasteiger partial charge in [-0.1, -0.05) is 13.8 Å². The third-order valence-electron chi connectivity index (χ3n) is 4.45. The number of carbonyl (C=O) groups is 2. The quantitative estimate of drug-likeness (QED) is 0.721. The van der Waals surface area contributed by atoms with E-state index >= 15 is 0 Å². The van der Waals surface area contributed by atoms with Crippen LogP contribution in [0.15, 0.2) is 12.1 Å². The van der Waals surface area contributed by atoms with Crippen LogP contribution in [0.5, 0.6) is 17.2 Å². The van der Waals surface area contributed by atoms with Crippen molar-refractivity contribution in [3.63, 3.8) is 0 Å². The van der Waals surface area contributed by atoms with Crippen molar-refractivity contribution in [1.82, 2.24) is 4.90 Å². The van der Waals surface area contributed by atoms with E-state index in [9.17, 15) is 9.59 Å². The summed E-state index contributed by atoms with van der Waals surface area (Å²) in [6.07, 6.45) is 1.11. The van der Waals surface area contributed by atoms with Crippen molar-refractivity contribution >= 4 is 11.9 Å². The molecular weight excluding hydrogens is 338 g/mol. The zero-order valence-corrected chi connectivity index (χ0v) is 16.0. The number of likely N-dealkylation sites (tertiary alicyclic amines) is 1. The topological polar surface area (TPSA) is 74.3 Å². The van der Waals surface area contributed by atoms with Crippen LogP contribution < -0.4 is 14.2 Å². The average molecular weight is 365 g/mol. The van der Waals surface area contributed by atoms with Gasteiger partial charge in [0.15, 0.2) is 18.1 Å². The van der Waals surface area contributed by atoms with Gasteiger partial charge in [-0.25, -0.2) is 4.79 Å². The van der Waals surface area contributed by atoms with E-state index in [0.717, 1.165) is 6.42 Å². The fourth-order valence-electron chi connectivity index (χ4n) is 3.37. The molecule has 0 N–H and O–H groups in total. The molecule has 0 unspecified atom stereocenters. The number of ether oxygens (including phenoxy) is 4. The zero-order valence-electron chi connectivity index (χ0n) is 16.0. The molecule has 0 aliphatic carbocycles. The summed E-state index contributed by atoms with van der Waals surface area (Å²) in [5.41, 5.74) is 0.229. The number of carbonyl (C=O) groups excluding carboxylic acids is 2. The zero-order chi connectivity index (χ0) is 19.3. The first-order valence-corrected chi connectivity index (χ1v) is 8.64. The second-order valence-electron chi connectivity index (χ2n) is 6.73. The lowest BCUT2D eigenvalue weighted by Crippen LogP contribution is -2.44. The molecule has 1 amide bonds. The van der Waals surface area contributed by atoms with Crippen LogP contribution in [0.3, 0.4) is 0 Å². The van der Waals surface area contributed by atoms with Gasteiger partial charge in [-0.15, -0.1) is 0 Å². The Morgan fingerprint density at radius 2 is 1.54 bits per heavy atom. The van der Waals surface area contributed by atoms with Crippen LogP contribution in [-0.4, -0.2) is 57.8 Å². The second-order valence-corrected chi connectivity index (χ2v) is 6.73. The maximum Gasteiger partial charge on any atom is 0.338 e. The van der Waals surface area contributed by atoms with Gasteiger partial charge < -0.3 is 23.8 Å². The molecule has 1 saturated heterocycles. The third-order valence-corrected chi connectivity index (χ3v) is 4.45. The lowest BCUT2D eigenvalue weighted by atomic mass is 9.92. The Hall–Kier alpha value is -2.44. The average Bonchev–Trinajstić information content (AvgIpc) is 2.63. The van der Waals surface area contributed by atoms with Gasteiger partial charge in [0, 0.05) is 13.1 Å². The molecule has 0 aromatic heterocycles. The lowest BCUT2D eigenvalue weighted by molar-refractivity contribution is -0.137. The molecule has 2 rings (SSSR count). The molecule has 0 spiro atoms. The number of piperidine rings is 1. The monoisotopic (exact) mass is 365 g/mol. The van der Waals surface area contributed by atoms with Crippen LogP contribution in [0, 0.1) is 11.8 Å². The first kappa shape index (κ1) is 19.9. The molecule has 1 aromatic carbocycles. The van der Waals surface area contributed by atoms with Gasteiger partial charge >= 0.3 is 5.97 Å². The van der Waals surface area contributed by atoms with Crippen LogP contribution in [0.2, 0.25) is 0 Å². The molecule has 1 heterocycles. The molecule has 1 aromatic rings. The Labute approximate surface area is 154 Å². The van der Waals surface area contributed by atoms with Gasteiger partial charge in [0.25, 0.3) is 5.91 Å². The predicted molar refractivity (Wildman–Crippen MR) is 95.9 cm³/mol. The minimum absolute atomic E-state index is 0.177. The van der Waals surface area contributed by atoms with E-state index in [2.05, 4.69) is 13.8 Å². The van der Waals surface area contributed by atoms with E-state index in [1.807, 2.05) is 0 Å². The number of esters is 1. The fourth-order valence-corrected chi connectivity index (χ4v) is 3.37. The summed E-state index contributed by atoms with van der Waals surface area (Å²) < 4.78 is 20.9. The van der Waals surface area contributed by atoms with Crippen molar-refractivity contribution in [2.75, 3.05) is 41.0 Å².